The van der Waals surface area contributed by atoms with Crippen molar-refractivity contribution in [3.63, 3.8) is 0 Å². The summed E-state index contributed by atoms with van der Waals surface area (Å²) in [6.45, 7) is 0.0358. The SMILES string of the molecule is O=Cc1cnn2c(CC3CC3)cc(-c3csc(CO)c3)nc12. The van der Waals surface area contributed by atoms with E-state index < -0.39 is 0 Å². The van der Waals surface area contributed by atoms with Crippen LogP contribution in [0.2, 0.25) is 0 Å². The molecule has 0 amide bonds. The summed E-state index contributed by atoms with van der Waals surface area (Å²) in [5, 5.41) is 15.5. The van der Waals surface area contributed by atoms with Crippen LogP contribution in [0.4, 0.5) is 0 Å². The molecule has 0 atom stereocenters. The van der Waals surface area contributed by atoms with E-state index in [9.17, 15) is 9.90 Å². The van der Waals surface area contributed by atoms with Gasteiger partial charge >= 0.3 is 0 Å². The molecule has 1 fully saturated rings. The Kier molecular flexibility index (Phi) is 3.28. The molecule has 5 nitrogen and oxygen atoms in total. The number of rotatable bonds is 5. The number of carbonyl (C=O) groups excluding carboxylic acids is 1. The van der Waals surface area contributed by atoms with Gasteiger partial charge in [-0.15, -0.1) is 11.3 Å². The first-order valence-corrected chi connectivity index (χ1v) is 8.18. The predicted molar refractivity (Wildman–Crippen MR) is 84.0 cm³/mol. The third-order valence-corrected chi connectivity index (χ3v) is 4.92. The number of hydrogen-bond acceptors (Lipinski definition) is 5. The molecule has 1 saturated carbocycles. The van der Waals surface area contributed by atoms with Crippen molar-refractivity contribution in [1.82, 2.24) is 14.6 Å². The minimum absolute atomic E-state index is 0.0358. The summed E-state index contributed by atoms with van der Waals surface area (Å²) in [6, 6.07) is 4.00. The van der Waals surface area contributed by atoms with Gasteiger partial charge in [-0.1, -0.05) is 0 Å². The molecule has 3 aromatic heterocycles. The molecule has 3 aromatic rings. The minimum Gasteiger partial charge on any atom is -0.391 e. The normalized spacial score (nSPS) is 14.6. The van der Waals surface area contributed by atoms with E-state index in [1.54, 1.807) is 10.7 Å². The largest absolute Gasteiger partial charge is 0.391 e. The Morgan fingerprint density at radius 2 is 2.27 bits per heavy atom. The molecular weight excluding hydrogens is 298 g/mol. The third kappa shape index (κ3) is 2.34. The number of aliphatic hydroxyl groups excluding tert-OH is 1. The van der Waals surface area contributed by atoms with Gasteiger partial charge in [-0.05, 0) is 37.3 Å². The fourth-order valence-electron chi connectivity index (χ4n) is 2.63. The molecule has 1 aliphatic carbocycles. The average molecular weight is 313 g/mol. The van der Waals surface area contributed by atoms with Gasteiger partial charge in [-0.3, -0.25) is 4.79 Å². The highest BCUT2D eigenvalue weighted by Gasteiger charge is 2.24. The van der Waals surface area contributed by atoms with Crippen molar-refractivity contribution in [3.8, 4) is 11.3 Å². The molecular formula is C16H15N3O2S. The van der Waals surface area contributed by atoms with Crippen molar-refractivity contribution < 1.29 is 9.90 Å². The van der Waals surface area contributed by atoms with Gasteiger partial charge < -0.3 is 5.11 Å². The van der Waals surface area contributed by atoms with Crippen LogP contribution < -0.4 is 0 Å². The van der Waals surface area contributed by atoms with Crippen LogP contribution in [-0.2, 0) is 13.0 Å². The summed E-state index contributed by atoms with van der Waals surface area (Å²) in [5.74, 6) is 0.720. The van der Waals surface area contributed by atoms with Crippen LogP contribution in [0.5, 0.6) is 0 Å². The second-order valence-electron chi connectivity index (χ2n) is 5.69. The van der Waals surface area contributed by atoms with Crippen molar-refractivity contribution in [3.05, 3.63) is 39.8 Å². The van der Waals surface area contributed by atoms with Crippen LogP contribution in [0.3, 0.4) is 0 Å². The van der Waals surface area contributed by atoms with Crippen LogP contribution >= 0.6 is 11.3 Å². The van der Waals surface area contributed by atoms with Crippen molar-refractivity contribution >= 4 is 23.3 Å². The Morgan fingerprint density at radius 1 is 1.41 bits per heavy atom. The standard InChI is InChI=1S/C16H15N3O2S/c20-7-12-6-17-19-13(3-10-1-2-10)5-15(18-16(12)19)11-4-14(8-21)22-9-11/h4-7,9-10,21H,1-3,8H2. The Labute approximate surface area is 131 Å². The molecule has 4 rings (SSSR count). The van der Waals surface area contributed by atoms with Gasteiger partial charge in [0.25, 0.3) is 0 Å². The maximum atomic E-state index is 11.2. The van der Waals surface area contributed by atoms with E-state index in [1.165, 1.54) is 24.2 Å². The van der Waals surface area contributed by atoms with Gasteiger partial charge in [-0.2, -0.15) is 5.10 Å². The number of hydrogen-bond donors (Lipinski definition) is 1. The van der Waals surface area contributed by atoms with Crippen LogP contribution in [-0.4, -0.2) is 26.0 Å². The smallest absolute Gasteiger partial charge is 0.166 e. The van der Waals surface area contributed by atoms with Crippen LogP contribution in [0, 0.1) is 5.92 Å². The molecule has 112 valence electrons. The number of aliphatic hydroxyl groups is 1. The fourth-order valence-corrected chi connectivity index (χ4v) is 3.37. The number of aromatic nitrogens is 3. The van der Waals surface area contributed by atoms with Crippen LogP contribution in [0.15, 0.2) is 23.7 Å². The lowest BCUT2D eigenvalue weighted by molar-refractivity contribution is 0.112. The van der Waals surface area contributed by atoms with Gasteiger partial charge in [0, 0.05) is 21.5 Å². The Balaban J connectivity index is 1.87. The Morgan fingerprint density at radius 3 is 2.95 bits per heavy atom. The van der Waals surface area contributed by atoms with Gasteiger partial charge in [0.05, 0.1) is 24.1 Å². The highest BCUT2D eigenvalue weighted by molar-refractivity contribution is 7.10. The topological polar surface area (TPSA) is 67.5 Å². The monoisotopic (exact) mass is 313 g/mol. The second-order valence-corrected chi connectivity index (χ2v) is 6.69. The van der Waals surface area contributed by atoms with E-state index in [4.69, 9.17) is 0 Å². The number of thiophene rings is 1. The maximum Gasteiger partial charge on any atom is 0.166 e. The molecule has 0 aliphatic heterocycles. The highest BCUT2D eigenvalue weighted by atomic mass is 32.1. The quantitative estimate of drug-likeness (QED) is 0.735. The first-order valence-electron chi connectivity index (χ1n) is 7.30. The summed E-state index contributed by atoms with van der Waals surface area (Å²) in [4.78, 5) is 16.7. The first kappa shape index (κ1) is 13.6. The molecule has 0 aromatic carbocycles. The van der Waals surface area contributed by atoms with Crippen molar-refractivity contribution in [1.29, 1.82) is 0 Å². The minimum atomic E-state index is 0.0358. The van der Waals surface area contributed by atoms with Gasteiger partial charge in [0.1, 0.15) is 0 Å². The summed E-state index contributed by atoms with van der Waals surface area (Å²) >= 11 is 1.51. The van der Waals surface area contributed by atoms with Crippen LogP contribution in [0.1, 0.15) is 33.8 Å². The predicted octanol–water partition coefficient (Wildman–Crippen LogP) is 2.72. The van der Waals surface area contributed by atoms with E-state index in [2.05, 4.69) is 16.1 Å². The number of aldehydes is 1. The lowest BCUT2D eigenvalue weighted by Crippen LogP contribution is -2.03. The third-order valence-electron chi connectivity index (χ3n) is 4.00. The molecule has 0 spiro atoms. The zero-order valence-corrected chi connectivity index (χ0v) is 12.7. The molecule has 0 saturated heterocycles. The van der Waals surface area contributed by atoms with E-state index in [0.717, 1.165) is 40.5 Å². The molecule has 1 aliphatic rings. The summed E-state index contributed by atoms with van der Waals surface area (Å²) < 4.78 is 1.78. The summed E-state index contributed by atoms with van der Waals surface area (Å²) in [6.07, 6.45) is 5.85. The maximum absolute atomic E-state index is 11.2. The number of fused-ring (bicyclic) bond motifs is 1. The molecule has 1 N–H and O–H groups in total. The van der Waals surface area contributed by atoms with Crippen molar-refractivity contribution in [2.45, 2.75) is 25.9 Å². The molecule has 0 radical (unpaired) electrons. The number of nitrogens with zero attached hydrogens (tertiary/aromatic N) is 3. The molecule has 0 unspecified atom stereocenters. The van der Waals surface area contributed by atoms with Gasteiger partial charge in [0.2, 0.25) is 0 Å². The van der Waals surface area contributed by atoms with E-state index in [0.29, 0.717) is 11.2 Å². The molecule has 6 heteroatoms. The Bertz CT molecular complexity index is 848. The van der Waals surface area contributed by atoms with Crippen molar-refractivity contribution in [2.75, 3.05) is 0 Å². The molecule has 0 bridgehead atoms. The summed E-state index contributed by atoms with van der Waals surface area (Å²) in [5.41, 5.74) is 4.03. The van der Waals surface area contributed by atoms with E-state index in [1.807, 2.05) is 11.4 Å². The molecule has 22 heavy (non-hydrogen) atoms. The summed E-state index contributed by atoms with van der Waals surface area (Å²) in [7, 11) is 0. The zero-order valence-electron chi connectivity index (χ0n) is 11.9. The van der Waals surface area contributed by atoms with Gasteiger partial charge in [-0.25, -0.2) is 9.50 Å². The number of carbonyl (C=O) groups is 1. The van der Waals surface area contributed by atoms with Crippen LogP contribution in [0.25, 0.3) is 16.9 Å². The zero-order chi connectivity index (χ0) is 15.1. The Hall–Kier alpha value is -2.05. The van der Waals surface area contributed by atoms with Gasteiger partial charge in [0.15, 0.2) is 11.9 Å². The fraction of sp³-hybridized carbons (Fsp3) is 0.312. The molecule has 3 heterocycles. The average Bonchev–Trinajstić information content (AvgIpc) is 3.07. The second kappa shape index (κ2) is 5.30. The van der Waals surface area contributed by atoms with Crippen molar-refractivity contribution in [2.24, 2.45) is 5.92 Å². The van der Waals surface area contributed by atoms with E-state index >= 15 is 0 Å². The highest BCUT2D eigenvalue weighted by Crippen LogP contribution is 2.34. The first-order chi connectivity index (χ1) is 10.8. The van der Waals surface area contributed by atoms with E-state index in [-0.39, 0.29) is 6.61 Å². The lowest BCUT2D eigenvalue weighted by Gasteiger charge is -2.07. The lowest BCUT2D eigenvalue weighted by atomic mass is 10.1.